The number of aromatic nitrogens is 1. The number of ketones is 1. The van der Waals surface area contributed by atoms with Gasteiger partial charge in [-0.15, -0.1) is 0 Å². The monoisotopic (exact) mass is 583 g/mol. The van der Waals surface area contributed by atoms with Crippen molar-refractivity contribution in [2.75, 3.05) is 23.7 Å². The number of hydrogen-bond donors (Lipinski definition) is 4. The lowest BCUT2D eigenvalue weighted by Crippen LogP contribution is -2.40. The number of rotatable bonds is 6. The van der Waals surface area contributed by atoms with Crippen LogP contribution >= 0.6 is 0 Å². The normalized spacial score (nSPS) is 13.3. The highest BCUT2D eigenvalue weighted by Crippen LogP contribution is 2.30. The second kappa shape index (κ2) is 11.7. The quantitative estimate of drug-likeness (QED) is 0.106. The van der Waals surface area contributed by atoms with Gasteiger partial charge in [0.25, 0.3) is 21.8 Å². The summed E-state index contributed by atoms with van der Waals surface area (Å²) in [6.45, 7) is 8.27. The number of carbonyl (C=O) groups is 3. The molecular weight excluding hydrogens is 558 g/mol. The first-order valence-corrected chi connectivity index (χ1v) is 14.3. The molecule has 0 atom stereocenters. The van der Waals surface area contributed by atoms with Crippen molar-refractivity contribution < 1.29 is 27.4 Å². The Kier molecular flexibility index (Phi) is 7.88. The number of para-hydroxylation sites is 1. The van der Waals surface area contributed by atoms with Gasteiger partial charge >= 0.3 is 6.03 Å². The van der Waals surface area contributed by atoms with Crippen molar-refractivity contribution in [1.29, 1.82) is 0 Å². The standard InChI is InChI=1S/C30H25N5O6S/c1-31-26(19-6-3-2-4-7-19)20-14-16-35(17-15-20)29(37)28(36)24-18-32-27-23(24)8-5-9-25(27)34-30(38)33-21-10-12-22(13-11-21)42(39,40)41/h2-13,18,32H,14-17H2,(H2,33,34,38)(H,39,40,41). The van der Waals surface area contributed by atoms with Crippen LogP contribution in [0.5, 0.6) is 0 Å². The molecule has 0 saturated carbocycles. The molecule has 3 aromatic carbocycles. The third-order valence-electron chi connectivity index (χ3n) is 6.96. The van der Waals surface area contributed by atoms with Crippen molar-refractivity contribution in [2.24, 2.45) is 0 Å². The van der Waals surface area contributed by atoms with Crippen LogP contribution in [0.2, 0.25) is 0 Å². The number of nitrogens with one attached hydrogen (secondary N) is 3. The van der Waals surface area contributed by atoms with Crippen molar-refractivity contribution >= 4 is 55.8 Å². The molecule has 1 fully saturated rings. The molecule has 212 valence electrons. The van der Waals surface area contributed by atoms with Gasteiger partial charge in [0.1, 0.15) is 0 Å². The number of Topliss-reactive ketones (excluding diaryl/α,β-unsaturated/α-hetero) is 1. The molecule has 42 heavy (non-hydrogen) atoms. The summed E-state index contributed by atoms with van der Waals surface area (Å²) in [6, 6.07) is 18.7. The van der Waals surface area contributed by atoms with E-state index in [1.165, 1.54) is 23.2 Å². The van der Waals surface area contributed by atoms with E-state index in [0.29, 0.717) is 48.2 Å². The highest BCUT2D eigenvalue weighted by Gasteiger charge is 2.29. The largest absolute Gasteiger partial charge is 0.359 e. The average molecular weight is 584 g/mol. The lowest BCUT2D eigenvalue weighted by atomic mass is 9.97. The van der Waals surface area contributed by atoms with Gasteiger partial charge < -0.3 is 20.5 Å². The summed E-state index contributed by atoms with van der Waals surface area (Å²) in [6.07, 6.45) is 2.44. The Morgan fingerprint density at radius 1 is 0.905 bits per heavy atom. The van der Waals surface area contributed by atoms with Gasteiger partial charge in [-0.1, -0.05) is 48.0 Å². The minimum atomic E-state index is -4.36. The van der Waals surface area contributed by atoms with E-state index in [1.54, 1.807) is 18.2 Å². The summed E-state index contributed by atoms with van der Waals surface area (Å²) >= 11 is 0. The number of amides is 3. The van der Waals surface area contributed by atoms with Crippen LogP contribution in [0, 0.1) is 6.57 Å². The number of nitrogens with zero attached hydrogens (tertiary/aromatic N) is 2. The van der Waals surface area contributed by atoms with Crippen LogP contribution in [0.3, 0.4) is 0 Å². The number of carbonyl (C=O) groups excluding carboxylic acids is 3. The molecule has 12 heteroatoms. The smallest absolute Gasteiger partial charge is 0.323 e. The Hall–Kier alpha value is -5.25. The number of fused-ring (bicyclic) bond motifs is 1. The number of benzene rings is 3. The lowest BCUT2D eigenvalue weighted by molar-refractivity contribution is -0.126. The predicted octanol–water partition coefficient (Wildman–Crippen LogP) is 5.19. The van der Waals surface area contributed by atoms with Crippen LogP contribution in [0.4, 0.5) is 16.2 Å². The number of likely N-dealkylation sites (tertiary alicyclic amines) is 1. The first-order valence-electron chi connectivity index (χ1n) is 12.9. The van der Waals surface area contributed by atoms with Crippen molar-refractivity contribution in [3.8, 4) is 0 Å². The minimum Gasteiger partial charge on any atom is -0.359 e. The van der Waals surface area contributed by atoms with Crippen LogP contribution < -0.4 is 10.6 Å². The summed E-state index contributed by atoms with van der Waals surface area (Å²) < 4.78 is 31.5. The molecular formula is C30H25N5O6S. The Morgan fingerprint density at radius 3 is 2.24 bits per heavy atom. The fraction of sp³-hybridized carbons (Fsp3) is 0.133. The maximum absolute atomic E-state index is 13.3. The zero-order chi connectivity index (χ0) is 29.9. The van der Waals surface area contributed by atoms with Crippen molar-refractivity contribution in [3.05, 3.63) is 107 Å². The van der Waals surface area contributed by atoms with Gasteiger partial charge in [0.05, 0.1) is 28.2 Å². The summed E-state index contributed by atoms with van der Waals surface area (Å²) in [4.78, 5) is 46.9. The topological polar surface area (TPSA) is 153 Å². The molecule has 1 aliphatic rings. The number of anilines is 2. The Balaban J connectivity index is 1.27. The lowest BCUT2D eigenvalue weighted by Gasteiger charge is -2.28. The van der Waals surface area contributed by atoms with Crippen molar-refractivity contribution in [1.82, 2.24) is 9.88 Å². The van der Waals surface area contributed by atoms with Crippen LogP contribution in [-0.2, 0) is 14.9 Å². The fourth-order valence-corrected chi connectivity index (χ4v) is 5.34. The van der Waals surface area contributed by atoms with E-state index < -0.39 is 27.8 Å². The minimum absolute atomic E-state index is 0.173. The Bertz CT molecular complexity index is 1860. The second-order valence-corrected chi connectivity index (χ2v) is 11.0. The van der Waals surface area contributed by atoms with E-state index in [-0.39, 0.29) is 16.1 Å². The fourth-order valence-electron chi connectivity index (χ4n) is 4.86. The molecule has 0 unspecified atom stereocenters. The van der Waals surface area contributed by atoms with Gasteiger partial charge in [0.15, 0.2) is 5.70 Å². The van der Waals surface area contributed by atoms with Crippen molar-refractivity contribution in [3.63, 3.8) is 0 Å². The number of piperidine rings is 1. The third-order valence-corrected chi connectivity index (χ3v) is 7.83. The van der Waals surface area contributed by atoms with Gasteiger partial charge in [-0.25, -0.2) is 9.64 Å². The number of urea groups is 1. The van der Waals surface area contributed by atoms with Crippen LogP contribution in [0.1, 0.15) is 28.8 Å². The molecule has 1 saturated heterocycles. The van der Waals surface area contributed by atoms with E-state index in [9.17, 15) is 22.8 Å². The first kappa shape index (κ1) is 28.3. The maximum atomic E-state index is 13.3. The molecule has 1 aromatic heterocycles. The molecule has 0 aliphatic carbocycles. The molecule has 2 heterocycles. The summed E-state index contributed by atoms with van der Waals surface area (Å²) in [5.41, 5.74) is 3.64. The Morgan fingerprint density at radius 2 is 1.60 bits per heavy atom. The van der Waals surface area contributed by atoms with E-state index >= 15 is 0 Å². The molecule has 4 aromatic rings. The molecule has 5 rings (SSSR count). The molecule has 0 spiro atoms. The molecule has 11 nitrogen and oxygen atoms in total. The van der Waals surface area contributed by atoms with Gasteiger partial charge in [0.2, 0.25) is 0 Å². The number of H-pyrrole nitrogens is 1. The van der Waals surface area contributed by atoms with Gasteiger partial charge in [-0.05, 0) is 48.7 Å². The Labute approximate surface area is 241 Å². The highest BCUT2D eigenvalue weighted by molar-refractivity contribution is 7.85. The average Bonchev–Trinajstić information content (AvgIpc) is 3.43. The molecule has 3 amide bonds. The third kappa shape index (κ3) is 5.92. The SMILES string of the molecule is [C-]#[N+]C(=C1CCN(C(=O)C(=O)c2c[nH]c3c(NC(=O)Nc4ccc(S(=O)(=O)O)cc4)cccc23)CC1)c1ccccc1. The molecule has 1 aliphatic heterocycles. The zero-order valence-corrected chi connectivity index (χ0v) is 22.9. The van der Waals surface area contributed by atoms with Crippen LogP contribution in [-0.4, -0.2) is 53.7 Å². The summed E-state index contributed by atoms with van der Waals surface area (Å²) in [5.74, 6) is -1.31. The molecule has 0 radical (unpaired) electrons. The van der Waals surface area contributed by atoms with E-state index in [1.807, 2.05) is 30.3 Å². The molecule has 4 N–H and O–H groups in total. The van der Waals surface area contributed by atoms with E-state index in [0.717, 1.165) is 23.3 Å². The van der Waals surface area contributed by atoms with Crippen LogP contribution in [0.25, 0.3) is 21.4 Å². The first-order chi connectivity index (χ1) is 20.2. The van der Waals surface area contributed by atoms with Gasteiger partial charge in [-0.2, -0.15) is 8.42 Å². The van der Waals surface area contributed by atoms with Gasteiger partial charge in [-0.3, -0.25) is 14.1 Å². The van der Waals surface area contributed by atoms with Gasteiger partial charge in [0, 0.05) is 30.4 Å². The summed E-state index contributed by atoms with van der Waals surface area (Å²) in [7, 11) is -4.36. The number of hydrogen-bond acceptors (Lipinski definition) is 5. The van der Waals surface area contributed by atoms with E-state index in [4.69, 9.17) is 11.1 Å². The maximum Gasteiger partial charge on any atom is 0.323 e. The second-order valence-electron chi connectivity index (χ2n) is 9.56. The zero-order valence-electron chi connectivity index (χ0n) is 22.1. The number of aromatic amines is 1. The molecule has 0 bridgehead atoms. The highest BCUT2D eigenvalue weighted by atomic mass is 32.2. The van der Waals surface area contributed by atoms with E-state index in [2.05, 4.69) is 20.5 Å². The van der Waals surface area contributed by atoms with Crippen LogP contribution in [0.15, 0.2) is 89.5 Å². The predicted molar refractivity (Wildman–Crippen MR) is 157 cm³/mol. The van der Waals surface area contributed by atoms with Crippen molar-refractivity contribution in [2.45, 2.75) is 17.7 Å². The summed E-state index contributed by atoms with van der Waals surface area (Å²) in [5, 5.41) is 5.69.